The van der Waals surface area contributed by atoms with Crippen LogP contribution in [0.25, 0.3) is 11.0 Å². The molecular weight excluding hydrogens is 336 g/mol. The molecule has 1 amide bonds. The molecule has 2 aromatic heterocycles. The molecule has 1 atom stereocenters. The van der Waals surface area contributed by atoms with Crippen LogP contribution in [0.2, 0.25) is 0 Å². The number of ether oxygens (including phenoxy) is 1. The molecule has 1 aromatic carbocycles. The van der Waals surface area contributed by atoms with E-state index in [1.807, 2.05) is 35.4 Å². The Bertz CT molecular complexity index is 901. The lowest BCUT2D eigenvalue weighted by Gasteiger charge is -2.34. The summed E-state index contributed by atoms with van der Waals surface area (Å²) in [6, 6.07) is 5.70. The van der Waals surface area contributed by atoms with Crippen LogP contribution in [0.3, 0.4) is 0 Å². The smallest absolute Gasteiger partial charge is 0.290 e. The first-order valence-corrected chi connectivity index (χ1v) is 9.34. The summed E-state index contributed by atoms with van der Waals surface area (Å²) in [5.41, 5.74) is 1.56. The number of rotatable bonds is 3. The molecule has 1 saturated heterocycles. The number of methoxy groups -OCH3 is 1. The number of hydrogen-bond acceptors (Lipinski definition) is 5. The molecule has 1 fully saturated rings. The second-order valence-corrected chi connectivity index (χ2v) is 7.22. The van der Waals surface area contributed by atoms with E-state index in [9.17, 15) is 4.79 Å². The maximum atomic E-state index is 13.2. The zero-order chi connectivity index (χ0) is 17.4. The van der Waals surface area contributed by atoms with Crippen LogP contribution in [0.5, 0.6) is 5.75 Å². The zero-order valence-electron chi connectivity index (χ0n) is 14.3. The molecule has 130 valence electrons. The predicted molar refractivity (Wildman–Crippen MR) is 97.2 cm³/mol. The van der Waals surface area contributed by atoms with Crippen LogP contribution >= 0.6 is 11.3 Å². The molecule has 5 nitrogen and oxygen atoms in total. The summed E-state index contributed by atoms with van der Waals surface area (Å²) < 4.78 is 11.2. The van der Waals surface area contributed by atoms with Gasteiger partial charge in [0.25, 0.3) is 5.91 Å². The van der Waals surface area contributed by atoms with Crippen LogP contribution in [0.4, 0.5) is 0 Å². The van der Waals surface area contributed by atoms with Crippen LogP contribution < -0.4 is 4.74 Å². The third-order valence-electron chi connectivity index (χ3n) is 4.84. The molecule has 0 bridgehead atoms. The first-order chi connectivity index (χ1) is 12.2. The fourth-order valence-electron chi connectivity index (χ4n) is 3.50. The molecule has 1 aliphatic heterocycles. The topological polar surface area (TPSA) is 55.6 Å². The van der Waals surface area contributed by atoms with Gasteiger partial charge in [-0.05, 0) is 38.3 Å². The van der Waals surface area contributed by atoms with Crippen molar-refractivity contribution in [2.75, 3.05) is 13.7 Å². The number of piperidine rings is 1. The van der Waals surface area contributed by atoms with E-state index in [1.165, 1.54) is 0 Å². The molecule has 6 heteroatoms. The summed E-state index contributed by atoms with van der Waals surface area (Å²) in [6.07, 6.45) is 4.88. The molecule has 0 radical (unpaired) electrons. The van der Waals surface area contributed by atoms with E-state index < -0.39 is 0 Å². The number of fused-ring (bicyclic) bond motifs is 1. The third-order valence-corrected chi connectivity index (χ3v) is 5.72. The number of carbonyl (C=O) groups excluding carboxylic acids is 1. The number of nitrogens with zero attached hydrogens (tertiary/aromatic N) is 2. The van der Waals surface area contributed by atoms with Gasteiger partial charge in [-0.3, -0.25) is 4.79 Å². The molecule has 0 unspecified atom stereocenters. The van der Waals surface area contributed by atoms with Gasteiger partial charge in [0.2, 0.25) is 0 Å². The quantitative estimate of drug-likeness (QED) is 0.689. The minimum atomic E-state index is -0.0485. The van der Waals surface area contributed by atoms with Gasteiger partial charge in [-0.15, -0.1) is 11.3 Å². The fraction of sp³-hybridized carbons (Fsp3) is 0.368. The predicted octanol–water partition coefficient (Wildman–Crippen LogP) is 4.57. The lowest BCUT2D eigenvalue weighted by atomic mass is 10.0. The van der Waals surface area contributed by atoms with Gasteiger partial charge in [-0.2, -0.15) is 0 Å². The van der Waals surface area contributed by atoms with Crippen molar-refractivity contribution in [3.8, 4) is 5.75 Å². The van der Waals surface area contributed by atoms with Crippen LogP contribution in [0.15, 0.2) is 34.2 Å². The molecule has 0 spiro atoms. The summed E-state index contributed by atoms with van der Waals surface area (Å²) in [7, 11) is 1.62. The molecule has 3 aromatic rings. The maximum Gasteiger partial charge on any atom is 0.290 e. The summed E-state index contributed by atoms with van der Waals surface area (Å²) in [4.78, 5) is 19.6. The largest absolute Gasteiger partial charge is 0.497 e. The summed E-state index contributed by atoms with van der Waals surface area (Å²) >= 11 is 1.61. The molecule has 0 saturated carbocycles. The van der Waals surface area contributed by atoms with Crippen molar-refractivity contribution in [1.82, 2.24) is 9.88 Å². The number of aromatic nitrogens is 1. The summed E-state index contributed by atoms with van der Waals surface area (Å²) in [5, 5.41) is 3.92. The number of carbonyl (C=O) groups is 1. The highest BCUT2D eigenvalue weighted by atomic mass is 32.1. The van der Waals surface area contributed by atoms with Crippen molar-refractivity contribution >= 4 is 28.2 Å². The average molecular weight is 356 g/mol. The fourth-order valence-corrected chi connectivity index (χ4v) is 4.28. The van der Waals surface area contributed by atoms with Gasteiger partial charge in [0.05, 0.1) is 13.2 Å². The molecule has 3 heterocycles. The first kappa shape index (κ1) is 16.1. The molecule has 25 heavy (non-hydrogen) atoms. The highest BCUT2D eigenvalue weighted by Crippen LogP contribution is 2.35. The molecule has 0 N–H and O–H groups in total. The van der Waals surface area contributed by atoms with Crippen molar-refractivity contribution in [3.63, 3.8) is 0 Å². The second-order valence-electron chi connectivity index (χ2n) is 6.30. The van der Waals surface area contributed by atoms with Gasteiger partial charge in [-0.1, -0.05) is 0 Å². The number of furan rings is 1. The number of benzene rings is 1. The minimum Gasteiger partial charge on any atom is -0.497 e. The van der Waals surface area contributed by atoms with E-state index in [4.69, 9.17) is 9.15 Å². The van der Waals surface area contributed by atoms with Gasteiger partial charge in [0.1, 0.15) is 16.3 Å². The van der Waals surface area contributed by atoms with E-state index in [0.29, 0.717) is 11.3 Å². The first-order valence-electron chi connectivity index (χ1n) is 8.46. The number of aryl methyl sites for hydroxylation is 1. The Labute approximate surface area is 150 Å². The highest BCUT2D eigenvalue weighted by Gasteiger charge is 2.33. The van der Waals surface area contributed by atoms with Crippen LogP contribution in [0, 0.1) is 6.92 Å². The number of amides is 1. The van der Waals surface area contributed by atoms with Crippen LogP contribution in [-0.2, 0) is 0 Å². The lowest BCUT2D eigenvalue weighted by molar-refractivity contribution is 0.0580. The van der Waals surface area contributed by atoms with Crippen molar-refractivity contribution in [3.05, 3.63) is 46.1 Å². The van der Waals surface area contributed by atoms with E-state index in [0.717, 1.165) is 47.5 Å². The monoisotopic (exact) mass is 356 g/mol. The van der Waals surface area contributed by atoms with E-state index in [-0.39, 0.29) is 11.9 Å². The van der Waals surface area contributed by atoms with Gasteiger partial charge < -0.3 is 14.1 Å². The van der Waals surface area contributed by atoms with Crippen molar-refractivity contribution in [2.45, 2.75) is 32.2 Å². The maximum absolute atomic E-state index is 13.2. The Hall–Kier alpha value is -2.34. The van der Waals surface area contributed by atoms with Gasteiger partial charge >= 0.3 is 0 Å². The standard InChI is InChI=1S/C19H20N2O3S/c1-12-14-7-6-13(23-2)11-16(14)24-17(12)19(22)21-9-4-3-5-15(21)18-20-8-10-25-18/h6-8,10-11,15H,3-5,9H2,1-2H3/t15-/m1/s1. The van der Waals surface area contributed by atoms with E-state index in [1.54, 1.807) is 24.6 Å². The molecule has 1 aliphatic rings. The second kappa shape index (κ2) is 6.52. The van der Waals surface area contributed by atoms with Gasteiger partial charge in [-0.25, -0.2) is 4.98 Å². The third kappa shape index (κ3) is 2.80. The van der Waals surface area contributed by atoms with Crippen LogP contribution in [0.1, 0.15) is 46.4 Å². The number of hydrogen-bond donors (Lipinski definition) is 0. The SMILES string of the molecule is COc1ccc2c(C)c(C(=O)N3CCCC[C@@H]3c3nccs3)oc2c1. The Morgan fingerprint density at radius 2 is 2.28 bits per heavy atom. The number of thiazole rings is 1. The number of likely N-dealkylation sites (tertiary alicyclic amines) is 1. The van der Waals surface area contributed by atoms with Crippen molar-refractivity contribution < 1.29 is 13.9 Å². The van der Waals surface area contributed by atoms with Crippen molar-refractivity contribution in [1.29, 1.82) is 0 Å². The van der Waals surface area contributed by atoms with E-state index in [2.05, 4.69) is 4.98 Å². The van der Waals surface area contributed by atoms with Gasteiger partial charge in [0, 0.05) is 35.1 Å². The summed E-state index contributed by atoms with van der Waals surface area (Å²) in [6.45, 7) is 2.68. The average Bonchev–Trinajstić information content (AvgIpc) is 3.29. The molecule has 4 rings (SSSR count). The Balaban J connectivity index is 1.71. The Kier molecular flexibility index (Phi) is 4.21. The van der Waals surface area contributed by atoms with Gasteiger partial charge in [0.15, 0.2) is 5.76 Å². The van der Waals surface area contributed by atoms with Crippen LogP contribution in [-0.4, -0.2) is 29.4 Å². The molecule has 0 aliphatic carbocycles. The van der Waals surface area contributed by atoms with Crippen molar-refractivity contribution in [2.24, 2.45) is 0 Å². The highest BCUT2D eigenvalue weighted by molar-refractivity contribution is 7.09. The Morgan fingerprint density at radius 1 is 1.40 bits per heavy atom. The van der Waals surface area contributed by atoms with E-state index >= 15 is 0 Å². The normalized spacial score (nSPS) is 17.8. The molecular formula is C19H20N2O3S. The lowest BCUT2D eigenvalue weighted by Crippen LogP contribution is -2.38. The zero-order valence-corrected chi connectivity index (χ0v) is 15.1. The Morgan fingerprint density at radius 3 is 3.04 bits per heavy atom. The minimum absolute atomic E-state index is 0.0448. The summed E-state index contributed by atoms with van der Waals surface area (Å²) in [5.74, 6) is 1.10.